The first-order valence-corrected chi connectivity index (χ1v) is 7.47. The van der Waals surface area contributed by atoms with E-state index in [0.717, 1.165) is 16.8 Å². The van der Waals surface area contributed by atoms with Crippen LogP contribution in [-0.2, 0) is 4.79 Å². The van der Waals surface area contributed by atoms with E-state index < -0.39 is 5.82 Å². The molecule has 0 radical (unpaired) electrons. The molecular formula is C18H18FNO3. The van der Waals surface area contributed by atoms with Gasteiger partial charge in [-0.2, -0.15) is 0 Å². The lowest BCUT2D eigenvalue weighted by atomic mass is 10.1. The fraction of sp³-hybridized carbons (Fsp3) is 0.278. The minimum Gasteiger partial charge on any atom is -0.490 e. The number of anilines is 1. The Labute approximate surface area is 134 Å². The molecule has 0 bridgehead atoms. The first-order chi connectivity index (χ1) is 11.0. The molecular weight excluding hydrogens is 297 g/mol. The fourth-order valence-corrected chi connectivity index (χ4v) is 2.76. The van der Waals surface area contributed by atoms with Crippen LogP contribution in [0.1, 0.15) is 11.1 Å². The van der Waals surface area contributed by atoms with Gasteiger partial charge in [0.15, 0.2) is 6.61 Å². The van der Waals surface area contributed by atoms with Gasteiger partial charge in [-0.05, 0) is 43.2 Å². The number of ether oxygens (including phenoxy) is 2. The van der Waals surface area contributed by atoms with Gasteiger partial charge in [-0.1, -0.05) is 12.1 Å². The molecule has 5 heteroatoms. The maximum Gasteiger partial charge on any atom is 0.265 e. The molecule has 120 valence electrons. The molecule has 2 aromatic rings. The summed E-state index contributed by atoms with van der Waals surface area (Å²) in [5.74, 6) is 0.490. The molecule has 0 spiro atoms. The van der Waals surface area contributed by atoms with Gasteiger partial charge in [-0.25, -0.2) is 4.39 Å². The molecule has 0 unspecified atom stereocenters. The number of nitrogens with zero attached hydrogens (tertiary/aromatic N) is 1. The molecule has 1 heterocycles. The number of aryl methyl sites for hydroxylation is 2. The lowest BCUT2D eigenvalue weighted by Gasteiger charge is -2.31. The number of fused-ring (bicyclic) bond motifs is 1. The van der Waals surface area contributed by atoms with E-state index in [1.165, 1.54) is 12.1 Å². The van der Waals surface area contributed by atoms with Gasteiger partial charge < -0.3 is 14.4 Å². The van der Waals surface area contributed by atoms with Crippen molar-refractivity contribution in [3.05, 3.63) is 53.3 Å². The van der Waals surface area contributed by atoms with Gasteiger partial charge in [0, 0.05) is 6.07 Å². The Morgan fingerprint density at radius 1 is 1.30 bits per heavy atom. The predicted octanol–water partition coefficient (Wildman–Crippen LogP) is 3.25. The lowest BCUT2D eigenvalue weighted by molar-refractivity contribution is -0.120. The molecule has 3 rings (SSSR count). The molecule has 0 fully saturated rings. The summed E-state index contributed by atoms with van der Waals surface area (Å²) >= 11 is 0. The Bertz CT molecular complexity index is 745. The molecule has 0 N–H and O–H groups in total. The molecule has 0 saturated carbocycles. The van der Waals surface area contributed by atoms with Crippen LogP contribution in [0.4, 0.5) is 10.1 Å². The van der Waals surface area contributed by atoms with Crippen molar-refractivity contribution in [2.45, 2.75) is 13.8 Å². The minimum absolute atomic E-state index is 0.143. The highest BCUT2D eigenvalue weighted by atomic mass is 19.1. The van der Waals surface area contributed by atoms with Crippen LogP contribution in [-0.4, -0.2) is 25.7 Å². The van der Waals surface area contributed by atoms with Crippen molar-refractivity contribution in [3.63, 3.8) is 0 Å². The third kappa shape index (κ3) is 3.28. The second-order valence-corrected chi connectivity index (χ2v) is 5.57. The Morgan fingerprint density at radius 2 is 2.13 bits per heavy atom. The molecule has 2 aromatic carbocycles. The van der Waals surface area contributed by atoms with Crippen LogP contribution in [0.15, 0.2) is 36.4 Å². The van der Waals surface area contributed by atoms with E-state index in [1.54, 1.807) is 17.0 Å². The van der Waals surface area contributed by atoms with E-state index in [0.29, 0.717) is 24.7 Å². The quantitative estimate of drug-likeness (QED) is 0.873. The first-order valence-electron chi connectivity index (χ1n) is 7.47. The van der Waals surface area contributed by atoms with Crippen LogP contribution in [0, 0.1) is 19.7 Å². The van der Waals surface area contributed by atoms with Crippen molar-refractivity contribution >= 4 is 11.6 Å². The van der Waals surface area contributed by atoms with E-state index >= 15 is 0 Å². The molecule has 1 aliphatic heterocycles. The average Bonchev–Trinajstić information content (AvgIpc) is 2.51. The van der Waals surface area contributed by atoms with Crippen LogP contribution in [0.3, 0.4) is 0 Å². The number of halogens is 1. The topological polar surface area (TPSA) is 38.8 Å². The SMILES string of the molecule is Cc1cc(C)c2c(c1)OCCN2C(=O)COc1cccc(F)c1. The summed E-state index contributed by atoms with van der Waals surface area (Å²) in [6.45, 7) is 4.72. The second kappa shape index (κ2) is 6.28. The average molecular weight is 315 g/mol. The molecule has 4 nitrogen and oxygen atoms in total. The summed E-state index contributed by atoms with van der Waals surface area (Å²) in [5, 5.41) is 0. The van der Waals surface area contributed by atoms with E-state index in [4.69, 9.17) is 9.47 Å². The van der Waals surface area contributed by atoms with Gasteiger partial charge in [-0.15, -0.1) is 0 Å². The van der Waals surface area contributed by atoms with Gasteiger partial charge >= 0.3 is 0 Å². The standard InChI is InChI=1S/C18H18FNO3/c1-12-8-13(2)18-16(9-12)22-7-6-20(18)17(21)11-23-15-5-3-4-14(19)10-15/h3-5,8-10H,6-7,11H2,1-2H3. The van der Waals surface area contributed by atoms with Crippen molar-refractivity contribution in [1.29, 1.82) is 0 Å². The molecule has 1 aliphatic rings. The van der Waals surface area contributed by atoms with Crippen molar-refractivity contribution in [2.24, 2.45) is 0 Å². The number of carbonyl (C=O) groups excluding carboxylic acids is 1. The van der Waals surface area contributed by atoms with Gasteiger partial charge in [0.05, 0.1) is 12.2 Å². The zero-order valence-corrected chi connectivity index (χ0v) is 13.1. The number of hydrogen-bond donors (Lipinski definition) is 0. The monoisotopic (exact) mass is 315 g/mol. The zero-order chi connectivity index (χ0) is 16.4. The van der Waals surface area contributed by atoms with Crippen molar-refractivity contribution in [2.75, 3.05) is 24.7 Å². The third-order valence-corrected chi connectivity index (χ3v) is 3.71. The van der Waals surface area contributed by atoms with Gasteiger partial charge in [0.1, 0.15) is 23.9 Å². The molecule has 0 saturated heterocycles. The Hall–Kier alpha value is -2.56. The number of benzene rings is 2. The van der Waals surface area contributed by atoms with Crippen LogP contribution < -0.4 is 14.4 Å². The van der Waals surface area contributed by atoms with Gasteiger partial charge in [0.2, 0.25) is 0 Å². The van der Waals surface area contributed by atoms with E-state index in [-0.39, 0.29) is 12.5 Å². The Morgan fingerprint density at radius 3 is 2.91 bits per heavy atom. The van der Waals surface area contributed by atoms with Crippen LogP contribution in [0.5, 0.6) is 11.5 Å². The van der Waals surface area contributed by atoms with E-state index in [1.807, 2.05) is 26.0 Å². The number of rotatable bonds is 3. The summed E-state index contributed by atoms with van der Waals surface area (Å²) in [5.41, 5.74) is 2.86. The number of amides is 1. The Balaban J connectivity index is 1.77. The normalized spacial score (nSPS) is 13.3. The van der Waals surface area contributed by atoms with Crippen LogP contribution in [0.25, 0.3) is 0 Å². The predicted molar refractivity (Wildman–Crippen MR) is 85.7 cm³/mol. The van der Waals surface area contributed by atoms with Crippen molar-refractivity contribution < 1.29 is 18.7 Å². The summed E-state index contributed by atoms with van der Waals surface area (Å²) in [4.78, 5) is 14.2. The first kappa shape index (κ1) is 15.3. The maximum absolute atomic E-state index is 13.1. The molecule has 1 amide bonds. The van der Waals surface area contributed by atoms with Crippen molar-refractivity contribution in [3.8, 4) is 11.5 Å². The Kier molecular flexibility index (Phi) is 4.19. The van der Waals surface area contributed by atoms with Gasteiger partial charge in [0.25, 0.3) is 5.91 Å². The maximum atomic E-state index is 13.1. The second-order valence-electron chi connectivity index (χ2n) is 5.57. The number of hydrogen-bond acceptors (Lipinski definition) is 3. The van der Waals surface area contributed by atoms with Crippen molar-refractivity contribution in [1.82, 2.24) is 0 Å². The molecule has 0 atom stereocenters. The highest BCUT2D eigenvalue weighted by molar-refractivity contribution is 5.97. The van der Waals surface area contributed by atoms with Crippen LogP contribution >= 0.6 is 0 Å². The summed E-state index contributed by atoms with van der Waals surface area (Å²) in [6, 6.07) is 9.70. The number of carbonyl (C=O) groups is 1. The lowest BCUT2D eigenvalue weighted by Crippen LogP contribution is -2.41. The highest BCUT2D eigenvalue weighted by Gasteiger charge is 2.26. The van der Waals surface area contributed by atoms with E-state index in [9.17, 15) is 9.18 Å². The van der Waals surface area contributed by atoms with E-state index in [2.05, 4.69) is 0 Å². The summed E-state index contributed by atoms with van der Waals surface area (Å²) < 4.78 is 24.2. The molecule has 0 aromatic heterocycles. The third-order valence-electron chi connectivity index (χ3n) is 3.71. The molecule has 23 heavy (non-hydrogen) atoms. The highest BCUT2D eigenvalue weighted by Crippen LogP contribution is 2.36. The smallest absolute Gasteiger partial charge is 0.265 e. The molecule has 0 aliphatic carbocycles. The summed E-state index contributed by atoms with van der Waals surface area (Å²) in [6.07, 6.45) is 0. The zero-order valence-electron chi connectivity index (χ0n) is 13.1. The van der Waals surface area contributed by atoms with Gasteiger partial charge in [-0.3, -0.25) is 4.79 Å². The largest absolute Gasteiger partial charge is 0.490 e. The summed E-state index contributed by atoms with van der Waals surface area (Å²) in [7, 11) is 0. The fourth-order valence-electron chi connectivity index (χ4n) is 2.76. The minimum atomic E-state index is -0.391. The van der Waals surface area contributed by atoms with Crippen LogP contribution in [0.2, 0.25) is 0 Å².